The summed E-state index contributed by atoms with van der Waals surface area (Å²) < 4.78 is 4.90. The van der Waals surface area contributed by atoms with Crippen LogP contribution < -0.4 is 0 Å². The Kier molecular flexibility index (Phi) is 4.93. The molecule has 0 aliphatic carbocycles. The second kappa shape index (κ2) is 5.23. The van der Waals surface area contributed by atoms with Crippen LogP contribution in [0.4, 0.5) is 0 Å². The van der Waals surface area contributed by atoms with E-state index in [9.17, 15) is 4.79 Å². The maximum atomic E-state index is 10.6. The van der Waals surface area contributed by atoms with E-state index in [2.05, 4.69) is 13.1 Å². The van der Waals surface area contributed by atoms with Crippen LogP contribution in [0.15, 0.2) is 12.3 Å². The molecule has 0 radical (unpaired) electrons. The van der Waals surface area contributed by atoms with Crippen molar-refractivity contribution in [3.05, 3.63) is 12.3 Å². The standard InChI is InChI=1S/C7H14O2Si/c1-4-7(8)9-6-10(3)5-2/h5,10H,2,4,6H2,1,3H3. The molecule has 0 aromatic rings. The van der Waals surface area contributed by atoms with Gasteiger partial charge in [-0.05, 0) is 0 Å². The Morgan fingerprint density at radius 2 is 2.40 bits per heavy atom. The molecule has 0 bridgehead atoms. The number of rotatable bonds is 4. The second-order valence-corrected chi connectivity index (χ2v) is 5.01. The van der Waals surface area contributed by atoms with Crippen molar-refractivity contribution < 1.29 is 9.53 Å². The molecule has 0 spiro atoms. The van der Waals surface area contributed by atoms with Crippen LogP contribution in [-0.4, -0.2) is 21.0 Å². The van der Waals surface area contributed by atoms with Gasteiger partial charge in [0.2, 0.25) is 0 Å². The molecule has 0 fully saturated rings. The number of hydrogen-bond acceptors (Lipinski definition) is 2. The third kappa shape index (κ3) is 4.32. The number of hydrogen-bond donors (Lipinski definition) is 0. The summed E-state index contributed by atoms with van der Waals surface area (Å²) in [6, 6.07) is 0. The highest BCUT2D eigenvalue weighted by molar-refractivity contribution is 6.62. The third-order valence-corrected chi connectivity index (χ3v) is 2.70. The van der Waals surface area contributed by atoms with Gasteiger partial charge in [0.25, 0.3) is 0 Å². The first-order valence-corrected chi connectivity index (χ1v) is 6.12. The van der Waals surface area contributed by atoms with Crippen LogP contribution in [0, 0.1) is 0 Å². The summed E-state index contributed by atoms with van der Waals surface area (Å²) in [6.07, 6.45) is 1.06. The molecule has 0 saturated heterocycles. The van der Waals surface area contributed by atoms with Gasteiger partial charge in [-0.15, -0.1) is 12.3 Å². The van der Waals surface area contributed by atoms with E-state index in [1.165, 1.54) is 0 Å². The van der Waals surface area contributed by atoms with Crippen molar-refractivity contribution in [3.8, 4) is 0 Å². The summed E-state index contributed by atoms with van der Waals surface area (Å²) in [4.78, 5) is 10.6. The highest BCUT2D eigenvalue weighted by atomic mass is 28.3. The lowest BCUT2D eigenvalue weighted by Crippen LogP contribution is -2.16. The summed E-state index contributed by atoms with van der Waals surface area (Å²) in [5.41, 5.74) is 1.91. The Balaban J connectivity index is 3.34. The quantitative estimate of drug-likeness (QED) is 0.452. The molecule has 58 valence electrons. The van der Waals surface area contributed by atoms with Gasteiger partial charge in [0.05, 0.1) is 6.23 Å². The van der Waals surface area contributed by atoms with Crippen molar-refractivity contribution in [2.24, 2.45) is 0 Å². The molecule has 0 aromatic heterocycles. The van der Waals surface area contributed by atoms with Gasteiger partial charge in [-0.3, -0.25) is 4.79 Å². The SMILES string of the molecule is C=C[SiH](C)COC(=O)CC. The monoisotopic (exact) mass is 158 g/mol. The van der Waals surface area contributed by atoms with Crippen molar-refractivity contribution in [3.63, 3.8) is 0 Å². The first-order valence-electron chi connectivity index (χ1n) is 3.48. The molecule has 0 N–H and O–H groups in total. The molecular weight excluding hydrogens is 144 g/mol. The molecular formula is C7H14O2Si. The second-order valence-electron chi connectivity index (χ2n) is 2.25. The molecule has 0 saturated carbocycles. The molecule has 3 heteroatoms. The fourth-order valence-electron chi connectivity index (χ4n) is 0.394. The topological polar surface area (TPSA) is 26.3 Å². The summed E-state index contributed by atoms with van der Waals surface area (Å²) in [5, 5.41) is 0. The van der Waals surface area contributed by atoms with E-state index in [1.807, 2.05) is 5.70 Å². The van der Waals surface area contributed by atoms with Crippen LogP contribution >= 0.6 is 0 Å². The Morgan fingerprint density at radius 3 is 2.80 bits per heavy atom. The summed E-state index contributed by atoms with van der Waals surface area (Å²) in [5.74, 6) is -0.110. The lowest BCUT2D eigenvalue weighted by Gasteiger charge is -2.04. The van der Waals surface area contributed by atoms with Crippen LogP contribution in [-0.2, 0) is 9.53 Å². The van der Waals surface area contributed by atoms with Gasteiger partial charge >= 0.3 is 5.97 Å². The van der Waals surface area contributed by atoms with Crippen LogP contribution in [0.2, 0.25) is 6.55 Å². The molecule has 0 aromatic carbocycles. The molecule has 1 unspecified atom stereocenters. The fourth-order valence-corrected chi connectivity index (χ4v) is 0.979. The van der Waals surface area contributed by atoms with E-state index < -0.39 is 8.80 Å². The molecule has 1 atom stereocenters. The maximum absolute atomic E-state index is 10.6. The summed E-state index contributed by atoms with van der Waals surface area (Å²) in [6.45, 7) is 7.52. The average molecular weight is 158 g/mol. The molecule has 0 aliphatic heterocycles. The van der Waals surface area contributed by atoms with Crippen molar-refractivity contribution in [2.75, 3.05) is 6.23 Å². The minimum Gasteiger partial charge on any atom is -0.469 e. The molecule has 0 rings (SSSR count). The van der Waals surface area contributed by atoms with E-state index in [0.29, 0.717) is 12.7 Å². The Bertz CT molecular complexity index is 123. The van der Waals surface area contributed by atoms with E-state index in [0.717, 1.165) is 0 Å². The Hall–Kier alpha value is -0.573. The van der Waals surface area contributed by atoms with Gasteiger partial charge in [-0.2, -0.15) is 0 Å². The lowest BCUT2D eigenvalue weighted by molar-refractivity contribution is -0.141. The van der Waals surface area contributed by atoms with Gasteiger partial charge < -0.3 is 4.74 Å². The molecule has 10 heavy (non-hydrogen) atoms. The smallest absolute Gasteiger partial charge is 0.305 e. The normalized spacial score (nSPS) is 12.2. The average Bonchev–Trinajstić information content (AvgIpc) is 1.99. The van der Waals surface area contributed by atoms with Crippen molar-refractivity contribution in [1.82, 2.24) is 0 Å². The van der Waals surface area contributed by atoms with Gasteiger partial charge in [-0.25, -0.2) is 0 Å². The zero-order valence-corrected chi connectivity index (χ0v) is 7.75. The molecule has 0 aliphatic rings. The Labute approximate surface area is 63.5 Å². The molecule has 0 amide bonds. The predicted molar refractivity (Wildman–Crippen MR) is 44.5 cm³/mol. The highest BCUT2D eigenvalue weighted by Crippen LogP contribution is 1.88. The first kappa shape index (κ1) is 9.43. The summed E-state index contributed by atoms with van der Waals surface area (Å²) in [7, 11) is -0.931. The maximum Gasteiger partial charge on any atom is 0.305 e. The number of carbonyl (C=O) groups is 1. The van der Waals surface area contributed by atoms with Gasteiger partial charge in [0, 0.05) is 6.42 Å². The number of esters is 1. The van der Waals surface area contributed by atoms with Crippen molar-refractivity contribution in [2.45, 2.75) is 19.9 Å². The lowest BCUT2D eigenvalue weighted by atomic mass is 10.5. The van der Waals surface area contributed by atoms with Crippen LogP contribution in [0.1, 0.15) is 13.3 Å². The molecule has 2 nitrogen and oxygen atoms in total. The Morgan fingerprint density at radius 1 is 1.80 bits per heavy atom. The van der Waals surface area contributed by atoms with Crippen LogP contribution in [0.3, 0.4) is 0 Å². The van der Waals surface area contributed by atoms with Gasteiger partial charge in [0.1, 0.15) is 8.80 Å². The van der Waals surface area contributed by atoms with Gasteiger partial charge in [0.15, 0.2) is 0 Å². The van der Waals surface area contributed by atoms with E-state index in [1.54, 1.807) is 6.92 Å². The molecule has 0 heterocycles. The largest absolute Gasteiger partial charge is 0.469 e. The van der Waals surface area contributed by atoms with Gasteiger partial charge in [-0.1, -0.05) is 13.5 Å². The zero-order valence-electron chi connectivity index (χ0n) is 6.59. The minimum atomic E-state index is -0.931. The third-order valence-electron chi connectivity index (χ3n) is 1.20. The predicted octanol–water partition coefficient (Wildman–Crippen LogP) is 1.06. The van der Waals surface area contributed by atoms with Crippen molar-refractivity contribution >= 4 is 14.8 Å². The fraction of sp³-hybridized carbons (Fsp3) is 0.571. The van der Waals surface area contributed by atoms with E-state index in [-0.39, 0.29) is 5.97 Å². The van der Waals surface area contributed by atoms with Crippen molar-refractivity contribution in [1.29, 1.82) is 0 Å². The number of ether oxygens (including phenoxy) is 1. The highest BCUT2D eigenvalue weighted by Gasteiger charge is 2.01. The minimum absolute atomic E-state index is 0.110. The number of carbonyl (C=O) groups excluding carboxylic acids is 1. The van der Waals surface area contributed by atoms with Crippen LogP contribution in [0.5, 0.6) is 0 Å². The van der Waals surface area contributed by atoms with Crippen LogP contribution in [0.25, 0.3) is 0 Å². The van der Waals surface area contributed by atoms with E-state index in [4.69, 9.17) is 4.74 Å². The zero-order chi connectivity index (χ0) is 7.98. The first-order chi connectivity index (χ1) is 4.70. The van der Waals surface area contributed by atoms with E-state index >= 15 is 0 Å². The summed E-state index contributed by atoms with van der Waals surface area (Å²) >= 11 is 0.